The molecular weight excluding hydrogens is 423 g/mol. The molecule has 2 heterocycles. The maximum Gasteiger partial charge on any atom is 0.494 e. The molecule has 3 rings (SSSR count). The molecule has 0 radical (unpaired) electrons. The molecule has 0 N–H and O–H groups in total. The van der Waals surface area contributed by atoms with Gasteiger partial charge in [0.15, 0.2) is 0 Å². The Bertz CT molecular complexity index is 900. The maximum absolute atomic E-state index is 12.6. The standard InChI is InChI=1S/C24H37BN2O6/c1-16-18(20(28)30-9)14-17(25-32-23(5,6)24(7,8)33-25)15-19(16)26-10-12-27(13-11-26)21(29)31-22(2,3)4/h14-15H,10-13H2,1-9H3. The molecular formula is C24H37BN2O6. The van der Waals surface area contributed by atoms with Crippen LogP contribution in [-0.2, 0) is 18.8 Å². The molecule has 8 nitrogen and oxygen atoms in total. The van der Waals surface area contributed by atoms with Gasteiger partial charge in [0, 0.05) is 31.9 Å². The molecule has 0 unspecified atom stereocenters. The minimum Gasteiger partial charge on any atom is -0.465 e. The number of carbonyl (C=O) groups excluding carboxylic acids is 2. The Morgan fingerprint density at radius 2 is 1.55 bits per heavy atom. The van der Waals surface area contributed by atoms with Gasteiger partial charge in [-0.05, 0) is 78.5 Å². The number of piperazine rings is 1. The average molecular weight is 460 g/mol. The lowest BCUT2D eigenvalue weighted by Gasteiger charge is -2.37. The molecule has 9 heteroatoms. The van der Waals surface area contributed by atoms with Crippen molar-refractivity contribution in [3.05, 3.63) is 23.3 Å². The minimum absolute atomic E-state index is 0.305. The van der Waals surface area contributed by atoms with Crippen molar-refractivity contribution < 1.29 is 28.4 Å². The van der Waals surface area contributed by atoms with E-state index < -0.39 is 29.9 Å². The molecule has 1 aromatic carbocycles. The molecule has 0 aromatic heterocycles. The van der Waals surface area contributed by atoms with Crippen molar-refractivity contribution in [3.8, 4) is 0 Å². The van der Waals surface area contributed by atoms with Gasteiger partial charge in [0.2, 0.25) is 0 Å². The molecule has 2 saturated heterocycles. The molecule has 0 saturated carbocycles. The van der Waals surface area contributed by atoms with Crippen LogP contribution in [0.1, 0.15) is 64.4 Å². The van der Waals surface area contributed by atoms with Crippen LogP contribution >= 0.6 is 0 Å². The second-order valence-electron chi connectivity index (χ2n) is 10.7. The van der Waals surface area contributed by atoms with Gasteiger partial charge >= 0.3 is 19.2 Å². The van der Waals surface area contributed by atoms with Crippen LogP contribution in [-0.4, -0.2) is 74.2 Å². The van der Waals surface area contributed by atoms with Crippen LogP contribution < -0.4 is 10.4 Å². The van der Waals surface area contributed by atoms with Crippen molar-refractivity contribution in [2.24, 2.45) is 0 Å². The molecule has 0 aliphatic carbocycles. The number of hydrogen-bond donors (Lipinski definition) is 0. The van der Waals surface area contributed by atoms with Gasteiger partial charge in [0.05, 0.1) is 23.9 Å². The normalized spacial score (nSPS) is 20.1. The molecule has 2 aliphatic heterocycles. The predicted octanol–water partition coefficient (Wildman–Crippen LogP) is 3.14. The zero-order valence-electron chi connectivity index (χ0n) is 21.4. The predicted molar refractivity (Wildman–Crippen MR) is 128 cm³/mol. The monoisotopic (exact) mass is 460 g/mol. The quantitative estimate of drug-likeness (QED) is 0.507. The van der Waals surface area contributed by atoms with E-state index in [0.29, 0.717) is 31.7 Å². The summed E-state index contributed by atoms with van der Waals surface area (Å²) in [6.45, 7) is 17.8. The number of nitrogens with zero attached hydrogens (tertiary/aromatic N) is 2. The average Bonchev–Trinajstić information content (AvgIpc) is 2.93. The topological polar surface area (TPSA) is 77.5 Å². The van der Waals surface area contributed by atoms with Crippen LogP contribution in [0.2, 0.25) is 0 Å². The third-order valence-electron chi connectivity index (χ3n) is 6.61. The number of carbonyl (C=O) groups is 2. The van der Waals surface area contributed by atoms with Gasteiger partial charge in [-0.1, -0.05) is 0 Å². The highest BCUT2D eigenvalue weighted by Crippen LogP contribution is 2.37. The molecule has 0 atom stereocenters. The van der Waals surface area contributed by atoms with E-state index in [9.17, 15) is 9.59 Å². The van der Waals surface area contributed by atoms with Crippen molar-refractivity contribution in [2.45, 2.75) is 72.2 Å². The highest BCUT2D eigenvalue weighted by atomic mass is 16.7. The van der Waals surface area contributed by atoms with Gasteiger partial charge in [-0.25, -0.2) is 9.59 Å². The Labute approximate surface area is 197 Å². The van der Waals surface area contributed by atoms with Gasteiger partial charge in [0.25, 0.3) is 0 Å². The fourth-order valence-corrected chi connectivity index (χ4v) is 3.94. The highest BCUT2D eigenvalue weighted by molar-refractivity contribution is 6.62. The third kappa shape index (κ3) is 5.30. The Morgan fingerprint density at radius 1 is 1.00 bits per heavy atom. The summed E-state index contributed by atoms with van der Waals surface area (Å²) in [5.74, 6) is -0.403. The van der Waals surface area contributed by atoms with Crippen LogP contribution in [0.4, 0.5) is 10.5 Å². The van der Waals surface area contributed by atoms with Crippen LogP contribution in [0, 0.1) is 6.92 Å². The first-order valence-electron chi connectivity index (χ1n) is 11.5. The number of benzene rings is 1. The number of hydrogen-bond acceptors (Lipinski definition) is 7. The van der Waals surface area contributed by atoms with Crippen molar-refractivity contribution in [2.75, 3.05) is 38.2 Å². The van der Waals surface area contributed by atoms with E-state index in [1.54, 1.807) is 11.0 Å². The van der Waals surface area contributed by atoms with E-state index in [2.05, 4.69) is 4.90 Å². The van der Waals surface area contributed by atoms with E-state index in [1.165, 1.54) is 7.11 Å². The fourth-order valence-electron chi connectivity index (χ4n) is 3.94. The zero-order chi connectivity index (χ0) is 24.8. The maximum atomic E-state index is 12.6. The molecule has 1 aromatic rings. The van der Waals surface area contributed by atoms with Gasteiger partial charge in [-0.3, -0.25) is 0 Å². The number of anilines is 1. The van der Waals surface area contributed by atoms with Crippen molar-refractivity contribution in [3.63, 3.8) is 0 Å². The van der Waals surface area contributed by atoms with Crippen LogP contribution in [0.15, 0.2) is 12.1 Å². The Balaban J connectivity index is 1.87. The van der Waals surface area contributed by atoms with E-state index in [4.69, 9.17) is 18.8 Å². The summed E-state index contributed by atoms with van der Waals surface area (Å²) in [6, 6.07) is 3.82. The molecule has 2 aliphatic rings. The first-order chi connectivity index (χ1) is 15.1. The molecule has 33 heavy (non-hydrogen) atoms. The molecule has 0 bridgehead atoms. The van der Waals surface area contributed by atoms with E-state index in [1.807, 2.05) is 61.5 Å². The summed E-state index contributed by atoms with van der Waals surface area (Å²) in [4.78, 5) is 28.9. The third-order valence-corrected chi connectivity index (χ3v) is 6.61. The summed E-state index contributed by atoms with van der Waals surface area (Å²) < 4.78 is 23.0. The number of ether oxygens (including phenoxy) is 2. The van der Waals surface area contributed by atoms with E-state index >= 15 is 0 Å². The second kappa shape index (κ2) is 8.83. The Hall–Kier alpha value is -2.26. The van der Waals surface area contributed by atoms with E-state index in [0.717, 1.165) is 16.7 Å². The SMILES string of the molecule is COC(=O)c1cc(B2OC(C)(C)C(C)(C)O2)cc(N2CCN(C(=O)OC(C)(C)C)CC2)c1C. The van der Waals surface area contributed by atoms with Gasteiger partial charge in [0.1, 0.15) is 5.60 Å². The smallest absolute Gasteiger partial charge is 0.465 e. The summed E-state index contributed by atoms with van der Waals surface area (Å²) in [7, 11) is 0.781. The van der Waals surface area contributed by atoms with Crippen molar-refractivity contribution >= 4 is 30.3 Å². The van der Waals surface area contributed by atoms with Gasteiger partial charge < -0.3 is 28.6 Å². The number of amides is 1. The van der Waals surface area contributed by atoms with Gasteiger partial charge in [-0.15, -0.1) is 0 Å². The second-order valence-corrected chi connectivity index (χ2v) is 10.7. The lowest BCUT2D eigenvalue weighted by Crippen LogP contribution is -2.50. The minimum atomic E-state index is -0.596. The summed E-state index contributed by atoms with van der Waals surface area (Å²) in [5, 5.41) is 0. The summed E-state index contributed by atoms with van der Waals surface area (Å²) >= 11 is 0. The van der Waals surface area contributed by atoms with Crippen molar-refractivity contribution in [1.29, 1.82) is 0 Å². The highest BCUT2D eigenvalue weighted by Gasteiger charge is 2.52. The van der Waals surface area contributed by atoms with Crippen LogP contribution in [0.25, 0.3) is 0 Å². The summed E-state index contributed by atoms with van der Waals surface area (Å²) in [5.41, 5.74) is 1.47. The molecule has 2 fully saturated rings. The van der Waals surface area contributed by atoms with Crippen LogP contribution in [0.5, 0.6) is 0 Å². The van der Waals surface area contributed by atoms with Crippen molar-refractivity contribution in [1.82, 2.24) is 4.90 Å². The first kappa shape index (κ1) is 25.4. The van der Waals surface area contributed by atoms with Crippen LogP contribution in [0.3, 0.4) is 0 Å². The first-order valence-corrected chi connectivity index (χ1v) is 11.5. The fraction of sp³-hybridized carbons (Fsp3) is 0.667. The molecule has 182 valence electrons. The largest absolute Gasteiger partial charge is 0.494 e. The van der Waals surface area contributed by atoms with E-state index in [-0.39, 0.29) is 6.09 Å². The molecule has 1 amide bonds. The Kier molecular flexibility index (Phi) is 6.79. The summed E-state index contributed by atoms with van der Waals surface area (Å²) in [6.07, 6.45) is -0.305. The lowest BCUT2D eigenvalue weighted by molar-refractivity contribution is 0.00578. The Morgan fingerprint density at radius 3 is 2.03 bits per heavy atom. The van der Waals surface area contributed by atoms with Gasteiger partial charge in [-0.2, -0.15) is 0 Å². The number of methoxy groups -OCH3 is 1. The zero-order valence-corrected chi connectivity index (χ0v) is 21.4. The molecule has 0 spiro atoms. The lowest BCUT2D eigenvalue weighted by atomic mass is 9.77. The number of esters is 1. The number of rotatable bonds is 3.